The number of anilines is 1. The Labute approximate surface area is 212 Å². The summed E-state index contributed by atoms with van der Waals surface area (Å²) in [5.74, 6) is 0.712. The van der Waals surface area contributed by atoms with Crippen LogP contribution in [0.2, 0.25) is 0 Å². The second-order valence-corrected chi connectivity index (χ2v) is 9.57. The van der Waals surface area contributed by atoms with Crippen molar-refractivity contribution in [1.82, 2.24) is 14.6 Å². The first-order valence-electron chi connectivity index (χ1n) is 11.8. The second kappa shape index (κ2) is 9.99. The molecule has 1 aliphatic carbocycles. The van der Waals surface area contributed by atoms with Crippen LogP contribution in [0.4, 0.5) is 18.9 Å². The van der Waals surface area contributed by atoms with Crippen molar-refractivity contribution in [3.05, 3.63) is 71.9 Å². The number of alkyl halides is 3. The lowest BCUT2D eigenvalue weighted by Crippen LogP contribution is -2.15. The van der Waals surface area contributed by atoms with Gasteiger partial charge in [0.05, 0.1) is 36.3 Å². The zero-order valence-corrected chi connectivity index (χ0v) is 20.2. The lowest BCUT2D eigenvalue weighted by atomic mass is 10.0. The van der Waals surface area contributed by atoms with Crippen molar-refractivity contribution in [3.8, 4) is 22.5 Å². The van der Waals surface area contributed by atoms with Crippen molar-refractivity contribution in [2.24, 2.45) is 5.92 Å². The average Bonchev–Trinajstić information content (AvgIpc) is 3.58. The molecule has 186 valence electrons. The van der Waals surface area contributed by atoms with Crippen molar-refractivity contribution in [2.75, 3.05) is 11.9 Å². The summed E-state index contributed by atoms with van der Waals surface area (Å²) in [7, 11) is 0. The minimum absolute atomic E-state index is 0.189. The maximum Gasteiger partial charge on any atom is 0.390 e. The first-order valence-corrected chi connectivity index (χ1v) is 12.3. The highest BCUT2D eigenvalue weighted by Crippen LogP contribution is 2.34. The fourth-order valence-corrected chi connectivity index (χ4v) is 4.57. The number of nitrogens with one attached hydrogen (secondary N) is 1. The van der Waals surface area contributed by atoms with E-state index < -0.39 is 12.6 Å². The quantitative estimate of drug-likeness (QED) is 0.201. The van der Waals surface area contributed by atoms with Crippen LogP contribution in [-0.4, -0.2) is 37.3 Å². The summed E-state index contributed by atoms with van der Waals surface area (Å²) in [5, 5.41) is 17.5. The molecule has 1 aliphatic rings. The van der Waals surface area contributed by atoms with E-state index in [-0.39, 0.29) is 13.2 Å². The van der Waals surface area contributed by atoms with Crippen LogP contribution in [0.25, 0.3) is 28.2 Å². The number of hydrogen-bond acceptors (Lipinski definition) is 5. The van der Waals surface area contributed by atoms with Crippen LogP contribution in [0.5, 0.6) is 0 Å². The van der Waals surface area contributed by atoms with E-state index in [1.54, 1.807) is 22.8 Å². The van der Waals surface area contributed by atoms with Crippen molar-refractivity contribution < 1.29 is 18.3 Å². The Hall–Kier alpha value is -3.30. The SMILES string of the molecule is OCc1ccccc1-c1cc(NCCC(F)(F)F)c2ncc(-c3ccc(C(=S)CC4CC4)cc3)n2n1. The Bertz CT molecular complexity index is 1390. The monoisotopic (exact) mass is 510 g/mol. The zero-order chi connectivity index (χ0) is 25.3. The summed E-state index contributed by atoms with van der Waals surface area (Å²) in [5.41, 5.74) is 5.32. The summed E-state index contributed by atoms with van der Waals surface area (Å²) in [6.45, 7) is -0.481. The zero-order valence-electron chi connectivity index (χ0n) is 19.4. The van der Waals surface area contributed by atoms with Crippen LogP contribution in [0, 0.1) is 5.92 Å². The van der Waals surface area contributed by atoms with Gasteiger partial charge in [0.25, 0.3) is 0 Å². The van der Waals surface area contributed by atoms with E-state index in [0.29, 0.717) is 39.8 Å². The van der Waals surface area contributed by atoms with Gasteiger partial charge in [0.2, 0.25) is 0 Å². The van der Waals surface area contributed by atoms with Crippen LogP contribution in [0.3, 0.4) is 0 Å². The van der Waals surface area contributed by atoms with Crippen molar-refractivity contribution in [3.63, 3.8) is 0 Å². The number of aliphatic hydroxyl groups excluding tert-OH is 1. The summed E-state index contributed by atoms with van der Waals surface area (Å²) in [6, 6.07) is 16.8. The number of rotatable bonds is 9. The van der Waals surface area contributed by atoms with Gasteiger partial charge in [-0.25, -0.2) is 9.50 Å². The highest BCUT2D eigenvalue weighted by molar-refractivity contribution is 7.80. The summed E-state index contributed by atoms with van der Waals surface area (Å²) in [6.07, 6.45) is -0.159. The van der Waals surface area contributed by atoms with Gasteiger partial charge in [-0.3, -0.25) is 0 Å². The summed E-state index contributed by atoms with van der Waals surface area (Å²) in [4.78, 5) is 5.43. The maximum atomic E-state index is 12.8. The number of benzene rings is 2. The van der Waals surface area contributed by atoms with E-state index >= 15 is 0 Å². The lowest BCUT2D eigenvalue weighted by Gasteiger charge is -2.14. The van der Waals surface area contributed by atoms with E-state index in [9.17, 15) is 18.3 Å². The average molecular weight is 511 g/mol. The molecule has 5 rings (SSSR count). The highest BCUT2D eigenvalue weighted by atomic mass is 32.1. The number of aromatic nitrogens is 3. The smallest absolute Gasteiger partial charge is 0.390 e. The van der Waals surface area contributed by atoms with Gasteiger partial charge in [-0.15, -0.1) is 0 Å². The lowest BCUT2D eigenvalue weighted by molar-refractivity contribution is -0.131. The van der Waals surface area contributed by atoms with Crippen molar-refractivity contribution in [2.45, 2.75) is 38.5 Å². The Morgan fingerprint density at radius 1 is 1.11 bits per heavy atom. The van der Waals surface area contributed by atoms with Gasteiger partial charge in [-0.2, -0.15) is 18.3 Å². The summed E-state index contributed by atoms with van der Waals surface area (Å²) < 4.78 is 40.0. The maximum absolute atomic E-state index is 12.8. The number of fused-ring (bicyclic) bond motifs is 1. The van der Waals surface area contributed by atoms with Crippen LogP contribution in [0.15, 0.2) is 60.8 Å². The predicted molar refractivity (Wildman–Crippen MR) is 138 cm³/mol. The number of halogens is 3. The molecule has 5 nitrogen and oxygen atoms in total. The number of hydrogen-bond donors (Lipinski definition) is 2. The molecule has 0 saturated heterocycles. The molecule has 2 aromatic heterocycles. The topological polar surface area (TPSA) is 62.5 Å². The molecular weight excluding hydrogens is 485 g/mol. The molecule has 0 bridgehead atoms. The fraction of sp³-hybridized carbons (Fsp3) is 0.296. The van der Waals surface area contributed by atoms with Gasteiger partial charge in [-0.05, 0) is 42.4 Å². The Morgan fingerprint density at radius 2 is 1.86 bits per heavy atom. The third-order valence-corrected chi connectivity index (χ3v) is 6.73. The number of nitrogens with zero attached hydrogens (tertiary/aromatic N) is 3. The van der Waals surface area contributed by atoms with Crippen LogP contribution >= 0.6 is 12.2 Å². The van der Waals surface area contributed by atoms with Crippen LogP contribution in [0.1, 0.15) is 36.8 Å². The third kappa shape index (κ3) is 5.42. The van der Waals surface area contributed by atoms with Gasteiger partial charge in [0.15, 0.2) is 5.65 Å². The molecule has 0 unspecified atom stereocenters. The molecule has 0 atom stereocenters. The molecule has 1 saturated carbocycles. The molecule has 2 N–H and O–H groups in total. The van der Waals surface area contributed by atoms with E-state index in [1.165, 1.54) is 12.8 Å². The van der Waals surface area contributed by atoms with Gasteiger partial charge >= 0.3 is 6.18 Å². The Kier molecular flexibility index (Phi) is 6.77. The first kappa shape index (κ1) is 24.4. The van der Waals surface area contributed by atoms with E-state index in [0.717, 1.165) is 22.4 Å². The third-order valence-electron chi connectivity index (χ3n) is 6.33. The standard InChI is InChI=1S/C27H25F3N4OS/c28-27(29,30)11-12-31-23-14-22(21-4-2-1-3-20(21)16-35)33-34-24(15-32-26(23)34)18-7-9-19(10-8-18)25(36)13-17-5-6-17/h1-4,7-10,14-15,17,31,35H,5-6,11-13,16H2. The molecule has 1 fully saturated rings. The predicted octanol–water partition coefficient (Wildman–Crippen LogP) is 6.44. The number of thiocarbonyl (C=S) groups is 1. The van der Waals surface area contributed by atoms with E-state index in [4.69, 9.17) is 17.3 Å². The first-order chi connectivity index (χ1) is 17.3. The van der Waals surface area contributed by atoms with Crippen molar-refractivity contribution in [1.29, 1.82) is 0 Å². The normalized spacial score (nSPS) is 13.8. The number of aliphatic hydroxyl groups is 1. The van der Waals surface area contributed by atoms with Gasteiger partial charge < -0.3 is 10.4 Å². The van der Waals surface area contributed by atoms with Gasteiger partial charge in [0.1, 0.15) is 0 Å². The second-order valence-electron chi connectivity index (χ2n) is 9.08. The van der Waals surface area contributed by atoms with E-state index in [1.807, 2.05) is 42.5 Å². The van der Waals surface area contributed by atoms with Gasteiger partial charge in [-0.1, -0.05) is 60.7 Å². The van der Waals surface area contributed by atoms with Crippen molar-refractivity contribution >= 4 is 28.4 Å². The number of imidazole rings is 1. The molecule has 2 heterocycles. The van der Waals surface area contributed by atoms with E-state index in [2.05, 4.69) is 10.3 Å². The van der Waals surface area contributed by atoms with Crippen LogP contribution in [-0.2, 0) is 6.61 Å². The minimum atomic E-state index is -4.27. The molecule has 0 aliphatic heterocycles. The Morgan fingerprint density at radius 3 is 2.56 bits per heavy atom. The molecule has 0 radical (unpaired) electrons. The molecule has 0 spiro atoms. The molecular formula is C27H25F3N4OS. The van der Waals surface area contributed by atoms with Crippen LogP contribution < -0.4 is 5.32 Å². The molecule has 4 aromatic rings. The fourth-order valence-electron chi connectivity index (χ4n) is 4.20. The Balaban J connectivity index is 1.54. The largest absolute Gasteiger partial charge is 0.392 e. The summed E-state index contributed by atoms with van der Waals surface area (Å²) >= 11 is 5.60. The molecule has 9 heteroatoms. The molecule has 36 heavy (non-hydrogen) atoms. The van der Waals surface area contributed by atoms with Gasteiger partial charge in [0, 0.05) is 22.5 Å². The molecule has 2 aromatic carbocycles. The molecule has 0 amide bonds. The highest BCUT2D eigenvalue weighted by Gasteiger charge is 2.27. The minimum Gasteiger partial charge on any atom is -0.392 e.